The van der Waals surface area contributed by atoms with Crippen molar-refractivity contribution in [2.45, 2.75) is 58.5 Å². The van der Waals surface area contributed by atoms with Gasteiger partial charge in [0, 0.05) is 44.1 Å². The molecule has 0 aromatic carbocycles. The van der Waals surface area contributed by atoms with Crippen molar-refractivity contribution in [3.8, 4) is 0 Å². The average Bonchev–Trinajstić information content (AvgIpc) is 2.60. The third kappa shape index (κ3) is 4.98. The summed E-state index contributed by atoms with van der Waals surface area (Å²) in [5.41, 5.74) is 19.4. The van der Waals surface area contributed by atoms with Gasteiger partial charge < -0.3 is 17.2 Å². The van der Waals surface area contributed by atoms with E-state index in [1.807, 2.05) is 0 Å². The second kappa shape index (κ2) is 8.77. The summed E-state index contributed by atoms with van der Waals surface area (Å²) >= 11 is 0. The zero-order valence-corrected chi connectivity index (χ0v) is 16.6. The van der Waals surface area contributed by atoms with Crippen molar-refractivity contribution in [1.29, 1.82) is 0 Å². The normalized spacial score (nSPS) is 28.8. The molecule has 1 radical (unpaired) electrons. The molecule has 4 atom stereocenters. The van der Waals surface area contributed by atoms with E-state index in [-0.39, 0.29) is 62.1 Å². The van der Waals surface area contributed by atoms with E-state index < -0.39 is 0 Å². The predicted molar refractivity (Wildman–Crippen MR) is 73.7 cm³/mol. The number of hydrogen-bond donors (Lipinski definition) is 2. The second-order valence-electron chi connectivity index (χ2n) is 5.46. The molecule has 1 aliphatic carbocycles. The van der Waals surface area contributed by atoms with E-state index in [9.17, 15) is 0 Å². The smallest absolute Gasteiger partial charge is 0.186 e. The Kier molecular flexibility index (Phi) is 9.09. The van der Waals surface area contributed by atoms with Gasteiger partial charge in [0.25, 0.3) is 0 Å². The summed E-state index contributed by atoms with van der Waals surface area (Å²) in [6, 6.07) is 0.140. The molecule has 1 fully saturated rings. The Labute approximate surface area is 147 Å². The van der Waals surface area contributed by atoms with E-state index in [4.69, 9.17) is 17.2 Å². The van der Waals surface area contributed by atoms with Crippen molar-refractivity contribution in [3.05, 3.63) is 5.73 Å². The standard InChI is InChI=1S/C13H27N4.Ac/c1-4-9(5-2)12(14)10-6-8(3)7-11(10)17-13(15)16;/h8-12,14H,4-7H2,1-3H3,(H4,15,16,17);/q-1;/t8-,10-,11-,12?;/m1./s1. The molecule has 0 amide bonds. The number of guanidine groups is 1. The minimum Gasteiger partial charge on any atom is -0.674 e. The number of nitrogens with zero attached hydrogens (tertiary/aromatic N) is 1. The van der Waals surface area contributed by atoms with Gasteiger partial charge in [0.05, 0.1) is 6.04 Å². The number of nitrogens with one attached hydrogen (secondary N) is 1. The summed E-state index contributed by atoms with van der Waals surface area (Å²) in [7, 11) is 0. The summed E-state index contributed by atoms with van der Waals surface area (Å²) < 4.78 is 0. The number of nitrogens with two attached hydrogens (primary N) is 2. The van der Waals surface area contributed by atoms with E-state index in [1.54, 1.807) is 0 Å². The largest absolute Gasteiger partial charge is 0.674 e. The molecule has 4 nitrogen and oxygen atoms in total. The van der Waals surface area contributed by atoms with Crippen LogP contribution in [-0.4, -0.2) is 18.0 Å². The molecule has 0 aromatic rings. The number of aliphatic imine (C=N–C) groups is 1. The molecule has 1 rings (SSSR count). The van der Waals surface area contributed by atoms with Crippen LogP contribution in [0.5, 0.6) is 0 Å². The van der Waals surface area contributed by atoms with Crippen LogP contribution in [0.4, 0.5) is 0 Å². The molecule has 0 aromatic heterocycles. The molecule has 1 unspecified atom stereocenters. The molecule has 5 heteroatoms. The van der Waals surface area contributed by atoms with Crippen LogP contribution >= 0.6 is 0 Å². The molecule has 1 aliphatic rings. The van der Waals surface area contributed by atoms with Crippen LogP contribution < -0.4 is 11.5 Å². The van der Waals surface area contributed by atoms with Crippen molar-refractivity contribution >= 4 is 5.96 Å². The van der Waals surface area contributed by atoms with Crippen LogP contribution in [0.3, 0.4) is 0 Å². The summed E-state index contributed by atoms with van der Waals surface area (Å²) in [4.78, 5) is 4.33. The van der Waals surface area contributed by atoms with Gasteiger partial charge in [0.1, 0.15) is 0 Å². The Bertz CT molecular complexity index is 262. The van der Waals surface area contributed by atoms with Crippen molar-refractivity contribution in [2.24, 2.45) is 34.2 Å². The fourth-order valence-corrected chi connectivity index (χ4v) is 3.18. The van der Waals surface area contributed by atoms with E-state index >= 15 is 0 Å². The Hall–Kier alpha value is 0.672. The van der Waals surface area contributed by atoms with Crippen LogP contribution in [-0.2, 0) is 0 Å². The molecule has 0 heterocycles. The minimum absolute atomic E-state index is 0. The van der Waals surface area contributed by atoms with Gasteiger partial charge in [0.15, 0.2) is 5.96 Å². The van der Waals surface area contributed by atoms with Gasteiger partial charge in [-0.05, 0) is 24.7 Å². The van der Waals surface area contributed by atoms with Crippen molar-refractivity contribution < 1.29 is 44.1 Å². The van der Waals surface area contributed by atoms with Crippen LogP contribution in [0, 0.1) is 61.8 Å². The quantitative estimate of drug-likeness (QED) is 0.482. The maximum absolute atomic E-state index is 8.44. The third-order valence-electron chi connectivity index (χ3n) is 4.15. The van der Waals surface area contributed by atoms with Gasteiger partial charge in [-0.25, -0.2) is 0 Å². The fourth-order valence-electron chi connectivity index (χ4n) is 3.18. The maximum atomic E-state index is 8.44. The summed E-state index contributed by atoms with van der Waals surface area (Å²) in [6.07, 6.45) is 4.26. The first-order valence-electron chi connectivity index (χ1n) is 6.79. The predicted octanol–water partition coefficient (Wildman–Crippen LogP) is 2.53. The molecule has 5 N–H and O–H groups in total. The van der Waals surface area contributed by atoms with E-state index in [1.165, 1.54) is 0 Å². The van der Waals surface area contributed by atoms with Crippen molar-refractivity contribution in [2.75, 3.05) is 0 Å². The van der Waals surface area contributed by atoms with Gasteiger partial charge in [-0.15, -0.1) is 6.04 Å². The first kappa shape index (κ1) is 18.7. The maximum Gasteiger partial charge on any atom is 0.186 e. The zero-order valence-electron chi connectivity index (χ0n) is 11.9. The van der Waals surface area contributed by atoms with Gasteiger partial charge in [-0.2, -0.15) is 0 Å². The van der Waals surface area contributed by atoms with Crippen molar-refractivity contribution in [1.82, 2.24) is 0 Å². The second-order valence-corrected chi connectivity index (χ2v) is 5.46. The van der Waals surface area contributed by atoms with Gasteiger partial charge in [-0.1, -0.05) is 39.5 Å². The average molecular weight is 466 g/mol. The Morgan fingerprint density at radius 3 is 2.28 bits per heavy atom. The first-order valence-corrected chi connectivity index (χ1v) is 6.79. The molecule has 0 aliphatic heterocycles. The summed E-state index contributed by atoms with van der Waals surface area (Å²) in [6.45, 7) is 6.57. The number of hydrogen-bond acceptors (Lipinski definition) is 1. The van der Waals surface area contributed by atoms with Crippen LogP contribution in [0.2, 0.25) is 0 Å². The van der Waals surface area contributed by atoms with E-state index in [0.717, 1.165) is 25.7 Å². The third-order valence-corrected chi connectivity index (χ3v) is 4.15. The minimum atomic E-state index is -0.0250. The van der Waals surface area contributed by atoms with Crippen LogP contribution in [0.1, 0.15) is 46.5 Å². The van der Waals surface area contributed by atoms with E-state index in [0.29, 0.717) is 17.8 Å². The Balaban J connectivity index is 0.00000289. The molecule has 1 saturated carbocycles. The van der Waals surface area contributed by atoms with E-state index in [2.05, 4.69) is 25.8 Å². The molecular formula is C13H27AcN4-. The summed E-state index contributed by atoms with van der Waals surface area (Å²) in [5, 5.41) is 0. The molecular weight excluding hydrogens is 439 g/mol. The Morgan fingerprint density at radius 1 is 1.28 bits per heavy atom. The molecule has 0 spiro atoms. The van der Waals surface area contributed by atoms with Gasteiger partial charge in [0.2, 0.25) is 0 Å². The molecule has 103 valence electrons. The van der Waals surface area contributed by atoms with Crippen molar-refractivity contribution in [3.63, 3.8) is 0 Å². The van der Waals surface area contributed by atoms with Gasteiger partial charge >= 0.3 is 0 Å². The first-order chi connectivity index (χ1) is 7.99. The topological polar surface area (TPSA) is 88.2 Å². The number of rotatable bonds is 5. The van der Waals surface area contributed by atoms with Crippen LogP contribution in [0.25, 0.3) is 5.73 Å². The zero-order chi connectivity index (χ0) is 13.0. The summed E-state index contributed by atoms with van der Waals surface area (Å²) in [5.74, 6) is 1.61. The fraction of sp³-hybridized carbons (Fsp3) is 0.923. The monoisotopic (exact) mass is 466 g/mol. The molecule has 0 bridgehead atoms. The van der Waals surface area contributed by atoms with Crippen LogP contribution in [0.15, 0.2) is 4.99 Å². The Morgan fingerprint density at radius 2 is 1.83 bits per heavy atom. The van der Waals surface area contributed by atoms with Gasteiger partial charge in [-0.3, -0.25) is 4.99 Å². The molecule has 18 heavy (non-hydrogen) atoms. The SMILES string of the molecule is CCC(CC)C([NH-])[C@@H]1C[C@@H](C)C[C@H]1N=C(N)N.[Ac]. The molecule has 0 saturated heterocycles.